The smallest absolute Gasteiger partial charge is 0.328 e. The van der Waals surface area contributed by atoms with E-state index in [1.165, 1.54) is 0 Å². The maximum absolute atomic E-state index is 11.5. The van der Waals surface area contributed by atoms with Crippen molar-refractivity contribution in [1.82, 2.24) is 15.0 Å². The summed E-state index contributed by atoms with van der Waals surface area (Å²) in [5, 5.41) is 8.58. The van der Waals surface area contributed by atoms with Crippen LogP contribution in [0.5, 0.6) is 35.0 Å². The van der Waals surface area contributed by atoms with Gasteiger partial charge in [0.1, 0.15) is 29.4 Å². The fourth-order valence-corrected chi connectivity index (χ4v) is 2.29. The maximum atomic E-state index is 11.5. The van der Waals surface area contributed by atoms with Crippen LogP contribution in [0, 0.1) is 11.3 Å². The van der Waals surface area contributed by atoms with Crippen molar-refractivity contribution in [2.45, 2.75) is 13.0 Å². The predicted molar refractivity (Wildman–Crippen MR) is 106 cm³/mol. The van der Waals surface area contributed by atoms with Gasteiger partial charge in [-0.3, -0.25) is 4.79 Å². The molecule has 0 amide bonds. The number of rotatable bonds is 9. The van der Waals surface area contributed by atoms with Gasteiger partial charge < -0.3 is 23.7 Å². The van der Waals surface area contributed by atoms with Gasteiger partial charge >= 0.3 is 18.0 Å². The van der Waals surface area contributed by atoms with Crippen molar-refractivity contribution in [1.29, 1.82) is 5.26 Å². The van der Waals surface area contributed by atoms with Crippen molar-refractivity contribution in [3.8, 4) is 41.1 Å². The number of esters is 1. The van der Waals surface area contributed by atoms with Crippen molar-refractivity contribution >= 4 is 5.97 Å². The number of carbonyl (C=O) groups excluding carboxylic acids is 1. The minimum atomic E-state index is -0.696. The lowest BCUT2D eigenvalue weighted by Gasteiger charge is -2.10. The number of nitriles is 1. The van der Waals surface area contributed by atoms with Gasteiger partial charge in [0.25, 0.3) is 0 Å². The molecule has 0 aliphatic carbocycles. The Kier molecular flexibility index (Phi) is 7.16. The van der Waals surface area contributed by atoms with Crippen LogP contribution < -0.4 is 18.9 Å². The molecule has 0 atom stereocenters. The lowest BCUT2D eigenvalue weighted by Crippen LogP contribution is -2.08. The Balaban J connectivity index is 1.82. The van der Waals surface area contributed by atoms with Crippen LogP contribution in [0.1, 0.15) is 12.2 Å². The fourth-order valence-electron chi connectivity index (χ4n) is 2.29. The number of benzene rings is 2. The number of aromatic nitrogens is 3. The average Bonchev–Trinajstić information content (AvgIpc) is 2.79. The maximum Gasteiger partial charge on any atom is 0.328 e. The monoisotopic (exact) mass is 422 g/mol. The van der Waals surface area contributed by atoms with E-state index in [0.717, 1.165) is 0 Å². The molecule has 10 nitrogen and oxygen atoms in total. The molecule has 2 aromatic carbocycles. The third-order valence-corrected chi connectivity index (χ3v) is 3.76. The van der Waals surface area contributed by atoms with Gasteiger partial charge in [0.2, 0.25) is 0 Å². The van der Waals surface area contributed by atoms with E-state index in [4.69, 9.17) is 28.9 Å². The fraction of sp³-hybridized carbons (Fsp3) is 0.190. The van der Waals surface area contributed by atoms with Gasteiger partial charge in [-0.1, -0.05) is 0 Å². The van der Waals surface area contributed by atoms with E-state index in [1.807, 2.05) is 0 Å². The van der Waals surface area contributed by atoms with Gasteiger partial charge in [-0.15, -0.1) is 4.98 Å². The molecule has 0 unspecified atom stereocenters. The molecule has 3 rings (SSSR count). The number of nitrogens with zero attached hydrogens (tertiary/aromatic N) is 4. The Hall–Kier alpha value is -4.39. The summed E-state index contributed by atoms with van der Waals surface area (Å²) < 4.78 is 26.6. The van der Waals surface area contributed by atoms with Crippen LogP contribution in [-0.2, 0) is 16.1 Å². The molecule has 0 spiro atoms. The van der Waals surface area contributed by atoms with Gasteiger partial charge in [-0.25, -0.2) is 0 Å². The van der Waals surface area contributed by atoms with Crippen molar-refractivity contribution in [3.05, 3.63) is 54.4 Å². The quantitative estimate of drug-likeness (QED) is 0.473. The third kappa shape index (κ3) is 6.30. The molecule has 0 radical (unpaired) electrons. The van der Waals surface area contributed by atoms with E-state index < -0.39 is 5.97 Å². The Morgan fingerprint density at radius 3 is 1.68 bits per heavy atom. The second-order valence-electron chi connectivity index (χ2n) is 5.87. The molecule has 0 N–H and O–H groups in total. The van der Waals surface area contributed by atoms with Crippen LogP contribution in [0.3, 0.4) is 0 Å². The second-order valence-corrected chi connectivity index (χ2v) is 5.87. The van der Waals surface area contributed by atoms with Crippen molar-refractivity contribution in [3.63, 3.8) is 0 Å². The van der Waals surface area contributed by atoms with Crippen LogP contribution in [0.15, 0.2) is 48.5 Å². The molecule has 0 saturated carbocycles. The topological polar surface area (TPSA) is 126 Å². The summed E-state index contributed by atoms with van der Waals surface area (Å²) in [6.45, 7) is -0.277. The van der Waals surface area contributed by atoms with Crippen LogP contribution in [0.4, 0.5) is 0 Å². The first kappa shape index (κ1) is 21.3. The second kappa shape index (κ2) is 10.4. The van der Waals surface area contributed by atoms with E-state index in [2.05, 4.69) is 15.0 Å². The highest BCUT2D eigenvalue weighted by Gasteiger charge is 2.13. The summed E-state index contributed by atoms with van der Waals surface area (Å²) in [5.41, 5.74) is 0. The van der Waals surface area contributed by atoms with Crippen molar-refractivity contribution < 1.29 is 28.5 Å². The van der Waals surface area contributed by atoms with Gasteiger partial charge in [0, 0.05) is 0 Å². The van der Waals surface area contributed by atoms with E-state index >= 15 is 0 Å². The van der Waals surface area contributed by atoms with Crippen LogP contribution in [0.25, 0.3) is 0 Å². The van der Waals surface area contributed by atoms with E-state index in [1.54, 1.807) is 68.8 Å². The lowest BCUT2D eigenvalue weighted by atomic mass is 10.3. The minimum absolute atomic E-state index is 0.0602. The highest BCUT2D eigenvalue weighted by atomic mass is 16.5. The van der Waals surface area contributed by atoms with Crippen LogP contribution in [-0.4, -0.2) is 35.1 Å². The van der Waals surface area contributed by atoms with Crippen LogP contribution in [0.2, 0.25) is 0 Å². The Morgan fingerprint density at radius 2 is 1.26 bits per heavy atom. The van der Waals surface area contributed by atoms with Crippen molar-refractivity contribution in [2.75, 3.05) is 14.2 Å². The molecule has 0 saturated heterocycles. The van der Waals surface area contributed by atoms with Gasteiger partial charge in [0.15, 0.2) is 12.4 Å². The zero-order valence-corrected chi connectivity index (χ0v) is 16.8. The first-order chi connectivity index (χ1) is 15.1. The van der Waals surface area contributed by atoms with Gasteiger partial charge in [0.05, 0.1) is 20.3 Å². The molecule has 1 heterocycles. The summed E-state index contributed by atoms with van der Waals surface area (Å²) in [7, 11) is 3.12. The zero-order chi connectivity index (χ0) is 22.1. The Morgan fingerprint density at radius 1 is 0.806 bits per heavy atom. The van der Waals surface area contributed by atoms with Crippen LogP contribution >= 0.6 is 0 Å². The lowest BCUT2D eigenvalue weighted by molar-refractivity contribution is -0.144. The SMILES string of the molecule is COc1ccc(Oc2nc(COC(=O)CC#N)nc(Oc3ccc(OC)cc3)n2)cc1. The number of hydrogen-bond acceptors (Lipinski definition) is 10. The highest BCUT2D eigenvalue weighted by Crippen LogP contribution is 2.25. The zero-order valence-electron chi connectivity index (χ0n) is 16.8. The summed E-state index contributed by atoms with van der Waals surface area (Å²) in [4.78, 5) is 23.9. The Labute approximate surface area is 178 Å². The van der Waals surface area contributed by atoms with Crippen molar-refractivity contribution in [2.24, 2.45) is 0 Å². The minimum Gasteiger partial charge on any atom is -0.497 e. The van der Waals surface area contributed by atoms with Gasteiger partial charge in [-0.2, -0.15) is 15.2 Å². The molecule has 0 aliphatic heterocycles. The largest absolute Gasteiger partial charge is 0.497 e. The van der Waals surface area contributed by atoms with E-state index in [0.29, 0.717) is 23.0 Å². The number of ether oxygens (including phenoxy) is 5. The first-order valence-corrected chi connectivity index (χ1v) is 9.01. The van der Waals surface area contributed by atoms with E-state index in [9.17, 15) is 4.79 Å². The average molecular weight is 422 g/mol. The Bertz CT molecular complexity index is 997. The molecule has 31 heavy (non-hydrogen) atoms. The molecular formula is C21H18N4O6. The molecule has 10 heteroatoms. The van der Waals surface area contributed by atoms with E-state index in [-0.39, 0.29) is 30.9 Å². The summed E-state index contributed by atoms with van der Waals surface area (Å²) >= 11 is 0. The number of carbonyl (C=O) groups is 1. The van der Waals surface area contributed by atoms with Gasteiger partial charge in [-0.05, 0) is 48.5 Å². The molecule has 158 valence electrons. The first-order valence-electron chi connectivity index (χ1n) is 9.01. The summed E-state index contributed by atoms with van der Waals surface area (Å²) in [6, 6.07) is 15.2. The molecular weight excluding hydrogens is 404 g/mol. The summed E-state index contributed by atoms with van der Waals surface area (Å²) in [5.74, 6) is 1.63. The molecule has 0 bridgehead atoms. The number of methoxy groups -OCH3 is 2. The summed E-state index contributed by atoms with van der Waals surface area (Å²) in [6.07, 6.45) is -0.379. The number of hydrogen-bond donors (Lipinski definition) is 0. The third-order valence-electron chi connectivity index (χ3n) is 3.76. The predicted octanol–water partition coefficient (Wildman–Crippen LogP) is 3.43. The highest BCUT2D eigenvalue weighted by molar-refractivity contribution is 5.71. The molecule has 3 aromatic rings. The molecule has 1 aromatic heterocycles. The standard InChI is InChI=1S/C21H18N4O6/c1-27-14-3-7-16(8-4-14)30-20-23-18(13-29-19(26)11-12-22)24-21(25-20)31-17-9-5-15(28-2)6-10-17/h3-10H,11,13H2,1-2H3. The molecule has 0 aliphatic rings. The normalized spacial score (nSPS) is 9.97. The molecule has 0 fully saturated rings.